The normalized spacial score (nSPS) is 17.0. The lowest BCUT2D eigenvalue weighted by Gasteiger charge is -2.41. The van der Waals surface area contributed by atoms with E-state index in [9.17, 15) is 9.59 Å². The Bertz CT molecular complexity index is 1110. The van der Waals surface area contributed by atoms with Gasteiger partial charge in [0.25, 0.3) is 5.91 Å². The van der Waals surface area contributed by atoms with Gasteiger partial charge < -0.3 is 18.9 Å². The van der Waals surface area contributed by atoms with Crippen LogP contribution in [0.25, 0.3) is 0 Å². The van der Waals surface area contributed by atoms with Crippen molar-refractivity contribution in [2.24, 2.45) is 4.99 Å². The summed E-state index contributed by atoms with van der Waals surface area (Å²) in [5.41, 5.74) is -0.349. The molecular formula is C24H32ClN3O4S. The SMILES string of the molecule is COc1ccc(Cl)cc1C(=O)N=c1sc(C(C)(C)C)cn1CC1CCN1C(=O)OC(C)(C)C. The maximum Gasteiger partial charge on any atom is 0.410 e. The second-order valence-electron chi connectivity index (χ2n) is 10.2. The molecule has 1 saturated heterocycles. The number of nitrogens with zero attached hydrogens (tertiary/aromatic N) is 3. The molecule has 3 rings (SSSR count). The van der Waals surface area contributed by atoms with Crippen LogP contribution < -0.4 is 9.54 Å². The summed E-state index contributed by atoms with van der Waals surface area (Å²) in [6.45, 7) is 13.1. The van der Waals surface area contributed by atoms with Gasteiger partial charge in [-0.3, -0.25) is 4.79 Å². The lowest BCUT2D eigenvalue weighted by Crippen LogP contribution is -2.54. The topological polar surface area (TPSA) is 73.1 Å². The minimum Gasteiger partial charge on any atom is -0.496 e. The predicted octanol–water partition coefficient (Wildman–Crippen LogP) is 5.26. The molecule has 0 aliphatic carbocycles. The van der Waals surface area contributed by atoms with E-state index in [1.54, 1.807) is 23.1 Å². The van der Waals surface area contributed by atoms with Crippen LogP contribution in [0.5, 0.6) is 5.75 Å². The molecule has 1 aromatic heterocycles. The lowest BCUT2D eigenvalue weighted by atomic mass is 9.95. The Morgan fingerprint density at radius 1 is 1.21 bits per heavy atom. The number of rotatable bonds is 4. The minimum atomic E-state index is -0.547. The molecule has 2 amide bonds. The highest BCUT2D eigenvalue weighted by Crippen LogP contribution is 2.27. The maximum atomic E-state index is 13.1. The number of hydrogen-bond acceptors (Lipinski definition) is 5. The molecule has 1 atom stereocenters. The Kier molecular flexibility index (Phi) is 7.29. The van der Waals surface area contributed by atoms with E-state index < -0.39 is 11.5 Å². The van der Waals surface area contributed by atoms with Gasteiger partial charge in [0, 0.05) is 29.2 Å². The van der Waals surface area contributed by atoms with E-state index in [1.165, 1.54) is 18.4 Å². The average molecular weight is 494 g/mol. The number of carbonyl (C=O) groups is 2. The zero-order valence-electron chi connectivity index (χ0n) is 20.3. The van der Waals surface area contributed by atoms with Gasteiger partial charge >= 0.3 is 6.09 Å². The van der Waals surface area contributed by atoms with Gasteiger partial charge in [0.1, 0.15) is 11.4 Å². The summed E-state index contributed by atoms with van der Waals surface area (Å²) in [6.07, 6.45) is 2.57. The molecule has 1 unspecified atom stereocenters. The number of likely N-dealkylation sites (tertiary alicyclic amines) is 1. The van der Waals surface area contributed by atoms with Crippen LogP contribution in [0.15, 0.2) is 29.4 Å². The fourth-order valence-electron chi connectivity index (χ4n) is 3.36. The standard InChI is InChI=1S/C24H32ClN3O4S/c1-23(2,3)19-14-27(13-16-10-11-28(16)22(30)32-24(4,5)6)21(33-19)26-20(29)17-12-15(25)8-9-18(17)31-7/h8-9,12,14,16H,10-11,13H2,1-7H3. The second-order valence-corrected chi connectivity index (χ2v) is 11.6. The quantitative estimate of drug-likeness (QED) is 0.582. The van der Waals surface area contributed by atoms with Crippen LogP contribution in [-0.4, -0.2) is 46.8 Å². The van der Waals surface area contributed by atoms with Crippen LogP contribution in [-0.2, 0) is 16.7 Å². The Morgan fingerprint density at radius 2 is 1.91 bits per heavy atom. The molecule has 7 nitrogen and oxygen atoms in total. The molecule has 0 radical (unpaired) electrons. The molecular weight excluding hydrogens is 462 g/mol. The maximum absolute atomic E-state index is 13.1. The Labute approximate surface area is 204 Å². The Morgan fingerprint density at radius 3 is 2.45 bits per heavy atom. The molecule has 33 heavy (non-hydrogen) atoms. The molecule has 1 fully saturated rings. The van der Waals surface area contributed by atoms with Gasteiger partial charge in [-0.15, -0.1) is 11.3 Å². The van der Waals surface area contributed by atoms with E-state index >= 15 is 0 Å². The van der Waals surface area contributed by atoms with E-state index in [0.29, 0.717) is 34.2 Å². The largest absolute Gasteiger partial charge is 0.496 e. The highest BCUT2D eigenvalue weighted by Gasteiger charge is 2.36. The summed E-state index contributed by atoms with van der Waals surface area (Å²) in [7, 11) is 1.50. The molecule has 1 aliphatic rings. The average Bonchev–Trinajstić information content (AvgIpc) is 3.06. The van der Waals surface area contributed by atoms with Crippen molar-refractivity contribution in [2.75, 3.05) is 13.7 Å². The van der Waals surface area contributed by atoms with Crippen LogP contribution in [0.3, 0.4) is 0 Å². The number of carbonyl (C=O) groups excluding carboxylic acids is 2. The van der Waals surface area contributed by atoms with E-state index in [1.807, 2.05) is 31.5 Å². The zero-order chi connectivity index (χ0) is 24.6. The van der Waals surface area contributed by atoms with Gasteiger partial charge in [-0.1, -0.05) is 32.4 Å². The molecule has 180 valence electrons. The van der Waals surface area contributed by atoms with E-state index in [4.69, 9.17) is 21.1 Å². The second kappa shape index (κ2) is 9.50. The molecule has 0 spiro atoms. The van der Waals surface area contributed by atoms with E-state index in [-0.39, 0.29) is 17.6 Å². The predicted molar refractivity (Wildman–Crippen MR) is 130 cm³/mol. The molecule has 1 aromatic carbocycles. The number of amides is 2. The number of thiazole rings is 1. The van der Waals surface area contributed by atoms with Crippen molar-refractivity contribution in [1.29, 1.82) is 0 Å². The third-order valence-corrected chi connectivity index (χ3v) is 6.91. The fraction of sp³-hybridized carbons (Fsp3) is 0.542. The van der Waals surface area contributed by atoms with E-state index in [0.717, 1.165) is 11.3 Å². The molecule has 9 heteroatoms. The number of benzene rings is 1. The first kappa shape index (κ1) is 25.3. The van der Waals surface area contributed by atoms with Crippen molar-refractivity contribution in [2.45, 2.75) is 71.6 Å². The fourth-order valence-corrected chi connectivity index (χ4v) is 4.59. The smallest absolute Gasteiger partial charge is 0.410 e. The van der Waals surface area contributed by atoms with Gasteiger partial charge in [-0.05, 0) is 50.8 Å². The highest BCUT2D eigenvalue weighted by molar-refractivity contribution is 7.09. The van der Waals surface area contributed by atoms with Crippen LogP contribution >= 0.6 is 22.9 Å². The van der Waals surface area contributed by atoms with Crippen LogP contribution in [0.4, 0.5) is 4.79 Å². The van der Waals surface area contributed by atoms with Gasteiger partial charge in [-0.2, -0.15) is 4.99 Å². The zero-order valence-corrected chi connectivity index (χ0v) is 21.8. The summed E-state index contributed by atoms with van der Waals surface area (Å²) in [4.78, 5) is 33.4. The van der Waals surface area contributed by atoms with Crippen molar-refractivity contribution < 1.29 is 19.1 Å². The molecule has 0 bridgehead atoms. The third kappa shape index (κ3) is 6.18. The lowest BCUT2D eigenvalue weighted by molar-refractivity contribution is -0.00840. The molecule has 2 aromatic rings. The van der Waals surface area contributed by atoms with Crippen LogP contribution in [0.2, 0.25) is 5.02 Å². The first-order chi connectivity index (χ1) is 15.3. The van der Waals surface area contributed by atoms with Crippen LogP contribution in [0, 0.1) is 0 Å². The number of hydrogen-bond donors (Lipinski definition) is 0. The van der Waals surface area contributed by atoms with Gasteiger partial charge in [0.15, 0.2) is 4.80 Å². The Hall–Kier alpha value is -2.32. The van der Waals surface area contributed by atoms with Crippen LogP contribution in [0.1, 0.15) is 63.2 Å². The van der Waals surface area contributed by atoms with E-state index in [2.05, 4.69) is 25.8 Å². The van der Waals surface area contributed by atoms with Gasteiger partial charge in [-0.25, -0.2) is 4.79 Å². The van der Waals surface area contributed by atoms with Crippen molar-refractivity contribution in [3.63, 3.8) is 0 Å². The monoisotopic (exact) mass is 493 g/mol. The minimum absolute atomic E-state index is 0.0166. The van der Waals surface area contributed by atoms with Gasteiger partial charge in [0.2, 0.25) is 0 Å². The van der Waals surface area contributed by atoms with Crippen molar-refractivity contribution >= 4 is 34.9 Å². The van der Waals surface area contributed by atoms with Crippen molar-refractivity contribution in [1.82, 2.24) is 9.47 Å². The first-order valence-electron chi connectivity index (χ1n) is 10.9. The summed E-state index contributed by atoms with van der Waals surface area (Å²) >= 11 is 7.57. The highest BCUT2D eigenvalue weighted by atomic mass is 35.5. The Balaban J connectivity index is 1.94. The van der Waals surface area contributed by atoms with Crippen molar-refractivity contribution in [3.8, 4) is 5.75 Å². The van der Waals surface area contributed by atoms with Gasteiger partial charge in [0.05, 0.1) is 18.7 Å². The number of methoxy groups -OCH3 is 1. The summed E-state index contributed by atoms with van der Waals surface area (Å²) in [6, 6.07) is 4.87. The third-order valence-electron chi connectivity index (χ3n) is 5.23. The summed E-state index contributed by atoms with van der Waals surface area (Å²) in [5, 5.41) is 0.436. The molecule has 2 heterocycles. The molecule has 0 N–H and O–H groups in total. The number of halogens is 1. The number of ether oxygens (including phenoxy) is 2. The first-order valence-corrected chi connectivity index (χ1v) is 12.1. The number of aromatic nitrogens is 1. The summed E-state index contributed by atoms with van der Waals surface area (Å²) in [5.74, 6) is -0.00888. The molecule has 1 aliphatic heterocycles. The molecule has 0 saturated carbocycles. The summed E-state index contributed by atoms with van der Waals surface area (Å²) < 4.78 is 12.8. The van der Waals surface area contributed by atoms with Crippen molar-refractivity contribution in [3.05, 3.63) is 44.7 Å².